The molecular formula is C21H24N4O6S. The molecule has 32 heavy (non-hydrogen) atoms. The van der Waals surface area contributed by atoms with Gasteiger partial charge in [0.15, 0.2) is 5.13 Å². The largest absolute Gasteiger partial charge is 0.469 e. The molecule has 1 fully saturated rings. The quantitative estimate of drug-likeness (QED) is 0.444. The Morgan fingerprint density at radius 2 is 1.88 bits per heavy atom. The fourth-order valence-electron chi connectivity index (χ4n) is 3.22. The summed E-state index contributed by atoms with van der Waals surface area (Å²) in [6.45, 7) is 1.52. The van der Waals surface area contributed by atoms with E-state index in [0.717, 1.165) is 0 Å². The van der Waals surface area contributed by atoms with E-state index in [9.17, 15) is 19.2 Å². The third-order valence-electron chi connectivity index (χ3n) is 5.04. The number of nitrogens with zero attached hydrogens (tertiary/aromatic N) is 2. The molecule has 1 aromatic heterocycles. The summed E-state index contributed by atoms with van der Waals surface area (Å²) < 4.78 is 9.88. The number of nitrogens with two attached hydrogens (primary N) is 1. The molecule has 3 N–H and O–H groups in total. The molecule has 0 saturated carbocycles. The van der Waals surface area contributed by atoms with Gasteiger partial charge in [-0.1, -0.05) is 11.3 Å². The SMILES string of the molecule is COC(=O)CCNC(=O)C1CCN(c2ncc(C(=O)Oc3ccc(C(N)=O)cc3)s2)CC1. The van der Waals surface area contributed by atoms with Gasteiger partial charge in [0.25, 0.3) is 0 Å². The van der Waals surface area contributed by atoms with Crippen LogP contribution in [0.1, 0.15) is 39.3 Å². The molecule has 2 amide bonds. The first-order chi connectivity index (χ1) is 15.4. The van der Waals surface area contributed by atoms with Gasteiger partial charge >= 0.3 is 11.9 Å². The first-order valence-electron chi connectivity index (χ1n) is 10.0. The molecule has 0 unspecified atom stereocenters. The van der Waals surface area contributed by atoms with E-state index in [2.05, 4.69) is 15.0 Å². The second-order valence-electron chi connectivity index (χ2n) is 7.16. The van der Waals surface area contributed by atoms with Crippen molar-refractivity contribution in [3.8, 4) is 5.75 Å². The highest BCUT2D eigenvalue weighted by Gasteiger charge is 2.27. The lowest BCUT2D eigenvalue weighted by Crippen LogP contribution is -2.41. The Kier molecular flexibility index (Phi) is 7.77. The summed E-state index contributed by atoms with van der Waals surface area (Å²) in [6.07, 6.45) is 2.91. The normalized spacial score (nSPS) is 14.0. The van der Waals surface area contributed by atoms with E-state index in [4.69, 9.17) is 10.5 Å². The summed E-state index contributed by atoms with van der Waals surface area (Å²) in [5.74, 6) is -1.36. The Bertz CT molecular complexity index is 982. The fourth-order valence-corrected chi connectivity index (χ4v) is 4.06. The average molecular weight is 461 g/mol. The number of hydrogen-bond acceptors (Lipinski definition) is 9. The summed E-state index contributed by atoms with van der Waals surface area (Å²) in [5, 5.41) is 3.45. The van der Waals surface area contributed by atoms with Gasteiger partial charge < -0.3 is 25.4 Å². The van der Waals surface area contributed by atoms with Gasteiger partial charge in [-0.15, -0.1) is 0 Å². The molecule has 0 aliphatic carbocycles. The molecule has 10 nitrogen and oxygen atoms in total. The van der Waals surface area contributed by atoms with E-state index >= 15 is 0 Å². The molecule has 11 heteroatoms. The number of benzene rings is 1. The van der Waals surface area contributed by atoms with E-state index in [1.807, 2.05) is 4.90 Å². The van der Waals surface area contributed by atoms with Crippen molar-refractivity contribution >= 4 is 40.2 Å². The number of methoxy groups -OCH3 is 1. The molecule has 2 aromatic rings. The Morgan fingerprint density at radius 3 is 2.50 bits per heavy atom. The van der Waals surface area contributed by atoms with Gasteiger partial charge in [0, 0.05) is 31.1 Å². The third-order valence-corrected chi connectivity index (χ3v) is 6.07. The van der Waals surface area contributed by atoms with E-state index in [1.54, 1.807) is 0 Å². The molecule has 1 aliphatic heterocycles. The Hall–Kier alpha value is -3.47. The van der Waals surface area contributed by atoms with Crippen molar-refractivity contribution in [1.29, 1.82) is 0 Å². The monoisotopic (exact) mass is 460 g/mol. The molecule has 0 bridgehead atoms. The van der Waals surface area contributed by atoms with Crippen LogP contribution in [0.3, 0.4) is 0 Å². The number of ether oxygens (including phenoxy) is 2. The maximum Gasteiger partial charge on any atom is 0.355 e. The van der Waals surface area contributed by atoms with Crippen LogP contribution in [-0.4, -0.2) is 55.5 Å². The summed E-state index contributed by atoms with van der Waals surface area (Å²) in [4.78, 5) is 53.6. The molecule has 1 saturated heterocycles. The first kappa shape index (κ1) is 23.2. The number of thiazole rings is 1. The highest BCUT2D eigenvalue weighted by atomic mass is 32.1. The standard InChI is InChI=1S/C21H24N4O6S/c1-30-17(26)6-9-23-19(28)14-7-10-25(11-8-14)21-24-12-16(32-21)20(29)31-15-4-2-13(3-5-15)18(22)27/h2-5,12,14H,6-11H2,1H3,(H2,22,27)(H,23,28). The number of piperidine rings is 1. The zero-order valence-corrected chi connectivity index (χ0v) is 18.4. The maximum atomic E-state index is 12.4. The van der Waals surface area contributed by atoms with Crippen LogP contribution in [0.2, 0.25) is 0 Å². The number of aromatic nitrogens is 1. The number of amides is 2. The van der Waals surface area contributed by atoms with E-state index in [-0.39, 0.29) is 30.8 Å². The summed E-state index contributed by atoms with van der Waals surface area (Å²) in [6, 6.07) is 5.97. The lowest BCUT2D eigenvalue weighted by atomic mass is 9.96. The number of carbonyl (C=O) groups excluding carboxylic acids is 4. The molecule has 1 aliphatic rings. The van der Waals surface area contributed by atoms with Crippen molar-refractivity contribution in [3.63, 3.8) is 0 Å². The summed E-state index contributed by atoms with van der Waals surface area (Å²) in [5.41, 5.74) is 5.52. The topological polar surface area (TPSA) is 141 Å². The second kappa shape index (κ2) is 10.7. The molecule has 0 spiro atoms. The van der Waals surface area contributed by atoms with E-state index in [1.165, 1.54) is 48.9 Å². The van der Waals surface area contributed by atoms with Crippen LogP contribution in [0.25, 0.3) is 0 Å². The number of primary amides is 1. The van der Waals surface area contributed by atoms with Gasteiger partial charge in [-0.05, 0) is 37.1 Å². The van der Waals surface area contributed by atoms with Gasteiger partial charge in [0.1, 0.15) is 10.6 Å². The van der Waals surface area contributed by atoms with Crippen LogP contribution in [0.4, 0.5) is 5.13 Å². The van der Waals surface area contributed by atoms with Gasteiger partial charge in [-0.2, -0.15) is 0 Å². The number of hydrogen-bond donors (Lipinski definition) is 2. The molecule has 3 rings (SSSR count). The second-order valence-corrected chi connectivity index (χ2v) is 8.17. The Labute approximate surface area is 188 Å². The van der Waals surface area contributed by atoms with Gasteiger partial charge in [-0.25, -0.2) is 9.78 Å². The minimum Gasteiger partial charge on any atom is -0.469 e. The van der Waals surface area contributed by atoms with Crippen LogP contribution in [0.5, 0.6) is 5.75 Å². The van der Waals surface area contributed by atoms with Gasteiger partial charge in [0.2, 0.25) is 11.8 Å². The van der Waals surface area contributed by atoms with Gasteiger partial charge in [0.05, 0.1) is 19.7 Å². The molecule has 1 aromatic carbocycles. The highest BCUT2D eigenvalue weighted by Crippen LogP contribution is 2.28. The van der Waals surface area contributed by atoms with Crippen molar-refractivity contribution in [2.24, 2.45) is 11.7 Å². The molecule has 0 radical (unpaired) electrons. The maximum absolute atomic E-state index is 12.4. The minimum absolute atomic E-state index is 0.0701. The van der Waals surface area contributed by atoms with Crippen molar-refractivity contribution < 1.29 is 28.7 Å². The Balaban J connectivity index is 1.48. The number of nitrogens with one attached hydrogen (secondary N) is 1. The van der Waals surface area contributed by atoms with E-state index < -0.39 is 11.9 Å². The minimum atomic E-state index is -0.558. The zero-order chi connectivity index (χ0) is 23.1. The first-order valence-corrected chi connectivity index (χ1v) is 10.9. The van der Waals surface area contributed by atoms with Crippen LogP contribution < -0.4 is 20.7 Å². The Morgan fingerprint density at radius 1 is 1.19 bits per heavy atom. The summed E-state index contributed by atoms with van der Waals surface area (Å²) >= 11 is 1.22. The fraction of sp³-hybridized carbons (Fsp3) is 0.381. The lowest BCUT2D eigenvalue weighted by molar-refractivity contribution is -0.140. The highest BCUT2D eigenvalue weighted by molar-refractivity contribution is 7.17. The van der Waals surface area contributed by atoms with Crippen LogP contribution in [0.15, 0.2) is 30.5 Å². The third kappa shape index (κ3) is 6.03. The number of carbonyl (C=O) groups is 4. The zero-order valence-electron chi connectivity index (χ0n) is 17.5. The van der Waals surface area contributed by atoms with Crippen molar-refractivity contribution in [2.75, 3.05) is 31.6 Å². The average Bonchev–Trinajstić information content (AvgIpc) is 3.30. The number of anilines is 1. The van der Waals surface area contributed by atoms with Crippen molar-refractivity contribution in [2.45, 2.75) is 19.3 Å². The lowest BCUT2D eigenvalue weighted by Gasteiger charge is -2.31. The van der Waals surface area contributed by atoms with Crippen LogP contribution in [0, 0.1) is 5.92 Å². The van der Waals surface area contributed by atoms with Crippen LogP contribution in [-0.2, 0) is 14.3 Å². The summed E-state index contributed by atoms with van der Waals surface area (Å²) in [7, 11) is 1.31. The molecule has 2 heterocycles. The predicted octanol–water partition coefficient (Wildman–Crippen LogP) is 1.36. The molecular weight excluding hydrogens is 436 g/mol. The number of esters is 2. The van der Waals surface area contributed by atoms with Gasteiger partial charge in [-0.3, -0.25) is 14.4 Å². The van der Waals surface area contributed by atoms with E-state index in [0.29, 0.717) is 47.3 Å². The smallest absolute Gasteiger partial charge is 0.355 e. The van der Waals surface area contributed by atoms with Crippen molar-refractivity contribution in [1.82, 2.24) is 10.3 Å². The molecule has 0 atom stereocenters. The predicted molar refractivity (Wildman–Crippen MR) is 117 cm³/mol. The van der Waals surface area contributed by atoms with Crippen LogP contribution >= 0.6 is 11.3 Å². The van der Waals surface area contributed by atoms with Crippen molar-refractivity contribution in [3.05, 3.63) is 40.9 Å². The number of rotatable bonds is 8. The molecule has 170 valence electrons.